The minimum atomic E-state index is -0.679. The number of nitrogens with one attached hydrogen (secondary N) is 1. The lowest BCUT2D eigenvalue weighted by molar-refractivity contribution is -0.144. The first-order valence-corrected chi connectivity index (χ1v) is 7.31. The van der Waals surface area contributed by atoms with E-state index in [2.05, 4.69) is 5.32 Å². The molecule has 0 saturated heterocycles. The van der Waals surface area contributed by atoms with E-state index in [1.54, 1.807) is 0 Å². The average molecular weight is 324 g/mol. The molecule has 0 fully saturated rings. The van der Waals surface area contributed by atoms with Crippen LogP contribution in [0, 0.1) is 5.92 Å². The number of halogens is 2. The van der Waals surface area contributed by atoms with Crippen molar-refractivity contribution in [2.45, 2.75) is 26.3 Å². The molecule has 0 spiro atoms. The van der Waals surface area contributed by atoms with Gasteiger partial charge in [0.15, 0.2) is 0 Å². The van der Waals surface area contributed by atoms with Crippen LogP contribution >= 0.6 is 34.5 Å². The van der Waals surface area contributed by atoms with Crippen LogP contribution in [0.15, 0.2) is 6.07 Å². The minimum absolute atomic E-state index is 0.0256. The van der Waals surface area contributed by atoms with Crippen LogP contribution in [0.1, 0.15) is 29.9 Å². The number of amides is 1. The molecule has 1 amide bonds. The van der Waals surface area contributed by atoms with E-state index in [-0.39, 0.29) is 11.8 Å². The van der Waals surface area contributed by atoms with E-state index in [4.69, 9.17) is 27.9 Å². The summed E-state index contributed by atoms with van der Waals surface area (Å²) in [7, 11) is 1.29. The second kappa shape index (κ2) is 7.12. The van der Waals surface area contributed by atoms with Gasteiger partial charge in [0.05, 0.1) is 17.0 Å². The highest BCUT2D eigenvalue weighted by Gasteiger charge is 2.27. The van der Waals surface area contributed by atoms with E-state index in [9.17, 15) is 9.59 Å². The van der Waals surface area contributed by atoms with Crippen molar-refractivity contribution >= 4 is 46.4 Å². The van der Waals surface area contributed by atoms with Crippen molar-refractivity contribution in [3.8, 4) is 0 Å². The quantitative estimate of drug-likeness (QED) is 0.845. The predicted molar refractivity (Wildman–Crippen MR) is 77.1 cm³/mol. The number of carbonyl (C=O) groups excluding carboxylic acids is 2. The smallest absolute Gasteiger partial charge is 0.328 e. The summed E-state index contributed by atoms with van der Waals surface area (Å²) >= 11 is 12.7. The first-order valence-electron chi connectivity index (χ1n) is 5.74. The van der Waals surface area contributed by atoms with Gasteiger partial charge in [-0.1, -0.05) is 43.5 Å². The van der Waals surface area contributed by atoms with Crippen LogP contribution in [-0.4, -0.2) is 25.0 Å². The molecule has 1 heterocycles. The lowest BCUT2D eigenvalue weighted by Gasteiger charge is -2.21. The monoisotopic (exact) mass is 323 g/mol. The first-order chi connectivity index (χ1) is 8.90. The summed E-state index contributed by atoms with van der Waals surface area (Å²) in [6.45, 7) is 3.81. The van der Waals surface area contributed by atoms with Crippen molar-refractivity contribution in [1.82, 2.24) is 5.32 Å². The van der Waals surface area contributed by atoms with Crippen LogP contribution in [0.3, 0.4) is 0 Å². The largest absolute Gasteiger partial charge is 0.467 e. The van der Waals surface area contributed by atoms with E-state index in [0.717, 1.165) is 17.8 Å². The Morgan fingerprint density at radius 2 is 2.11 bits per heavy atom. The van der Waals surface area contributed by atoms with Gasteiger partial charge in [0.1, 0.15) is 10.4 Å². The summed E-state index contributed by atoms with van der Waals surface area (Å²) in [4.78, 5) is 24.1. The highest BCUT2D eigenvalue weighted by Crippen LogP contribution is 2.31. The summed E-state index contributed by atoms with van der Waals surface area (Å²) in [6, 6.07) is 0.802. The predicted octanol–water partition coefficient (Wildman–Crippen LogP) is 3.37. The molecule has 1 aromatic rings. The van der Waals surface area contributed by atoms with Gasteiger partial charge in [0.2, 0.25) is 0 Å². The van der Waals surface area contributed by atoms with Crippen LogP contribution in [0.4, 0.5) is 0 Å². The molecule has 106 valence electrons. The maximum absolute atomic E-state index is 12.0. The normalized spacial score (nSPS) is 13.7. The Morgan fingerprint density at radius 1 is 1.47 bits per heavy atom. The number of hydrogen-bond donors (Lipinski definition) is 1. The minimum Gasteiger partial charge on any atom is -0.467 e. The zero-order valence-corrected chi connectivity index (χ0v) is 13.2. The molecule has 1 rings (SSSR count). The lowest BCUT2D eigenvalue weighted by Crippen LogP contribution is -2.45. The molecule has 4 nitrogen and oxygen atoms in total. The zero-order valence-electron chi connectivity index (χ0n) is 10.8. The molecule has 2 unspecified atom stereocenters. The Balaban J connectivity index is 2.84. The maximum Gasteiger partial charge on any atom is 0.328 e. The third-order valence-electron chi connectivity index (χ3n) is 2.82. The van der Waals surface area contributed by atoms with E-state index in [1.807, 2.05) is 13.8 Å². The second-order valence-corrected chi connectivity index (χ2v) is 6.15. The Hall–Kier alpha value is -0.780. The molecule has 2 atom stereocenters. The van der Waals surface area contributed by atoms with E-state index >= 15 is 0 Å². The summed E-state index contributed by atoms with van der Waals surface area (Å²) in [5.74, 6) is -0.867. The van der Waals surface area contributed by atoms with E-state index in [1.165, 1.54) is 13.2 Å². The highest BCUT2D eigenvalue weighted by molar-refractivity contribution is 7.18. The molecule has 0 bridgehead atoms. The van der Waals surface area contributed by atoms with Crippen LogP contribution in [0.25, 0.3) is 0 Å². The van der Waals surface area contributed by atoms with Gasteiger partial charge in [-0.25, -0.2) is 4.79 Å². The van der Waals surface area contributed by atoms with Gasteiger partial charge in [0.25, 0.3) is 5.91 Å². The fraction of sp³-hybridized carbons (Fsp3) is 0.500. The summed E-state index contributed by atoms with van der Waals surface area (Å²) in [6.07, 6.45) is 0.742. The molecular weight excluding hydrogens is 309 g/mol. The van der Waals surface area contributed by atoms with Gasteiger partial charge >= 0.3 is 5.97 Å². The molecule has 1 N–H and O–H groups in total. The molecule has 0 aromatic carbocycles. The number of carbonyl (C=O) groups is 2. The Kier molecular flexibility index (Phi) is 6.10. The van der Waals surface area contributed by atoms with Crippen molar-refractivity contribution < 1.29 is 14.3 Å². The maximum atomic E-state index is 12.0. The van der Waals surface area contributed by atoms with Gasteiger partial charge in [-0.15, -0.1) is 11.3 Å². The molecule has 0 aliphatic rings. The summed E-state index contributed by atoms with van der Waals surface area (Å²) < 4.78 is 5.05. The summed E-state index contributed by atoms with van der Waals surface area (Å²) in [5.41, 5.74) is 0. The van der Waals surface area contributed by atoms with Gasteiger partial charge < -0.3 is 10.1 Å². The molecule has 0 aliphatic heterocycles. The van der Waals surface area contributed by atoms with Crippen molar-refractivity contribution in [2.75, 3.05) is 7.11 Å². The number of rotatable bonds is 5. The van der Waals surface area contributed by atoms with Gasteiger partial charge in [-0.2, -0.15) is 0 Å². The third kappa shape index (κ3) is 4.09. The SMILES string of the molecule is CCC(C)C(NC(=O)c1cc(Cl)c(Cl)s1)C(=O)OC. The fourth-order valence-corrected chi connectivity index (χ4v) is 2.74. The van der Waals surface area contributed by atoms with Crippen LogP contribution in [-0.2, 0) is 9.53 Å². The highest BCUT2D eigenvalue weighted by atomic mass is 35.5. The van der Waals surface area contributed by atoms with Crippen molar-refractivity contribution in [1.29, 1.82) is 0 Å². The van der Waals surface area contributed by atoms with Gasteiger partial charge in [-0.3, -0.25) is 4.79 Å². The zero-order chi connectivity index (χ0) is 14.6. The Labute approximate surface area is 126 Å². The Morgan fingerprint density at radius 3 is 2.53 bits per heavy atom. The molecule has 0 aliphatic carbocycles. The number of thiophene rings is 1. The summed E-state index contributed by atoms with van der Waals surface area (Å²) in [5, 5.41) is 2.98. The van der Waals surface area contributed by atoms with Crippen molar-refractivity contribution in [2.24, 2.45) is 5.92 Å². The van der Waals surface area contributed by atoms with Crippen LogP contribution in [0.5, 0.6) is 0 Å². The molecule has 19 heavy (non-hydrogen) atoms. The number of ether oxygens (including phenoxy) is 1. The average Bonchev–Trinajstić information content (AvgIpc) is 2.74. The van der Waals surface area contributed by atoms with E-state index < -0.39 is 12.0 Å². The number of esters is 1. The third-order valence-corrected chi connectivity index (χ3v) is 4.69. The first kappa shape index (κ1) is 16.3. The van der Waals surface area contributed by atoms with Crippen LogP contribution < -0.4 is 5.32 Å². The molecular formula is C12H15Cl2NO3S. The van der Waals surface area contributed by atoms with Crippen molar-refractivity contribution in [3.63, 3.8) is 0 Å². The molecule has 0 radical (unpaired) electrons. The van der Waals surface area contributed by atoms with Crippen molar-refractivity contribution in [3.05, 3.63) is 20.3 Å². The number of hydrogen-bond acceptors (Lipinski definition) is 4. The van der Waals surface area contributed by atoms with Crippen LogP contribution in [0.2, 0.25) is 9.36 Å². The van der Waals surface area contributed by atoms with Gasteiger partial charge in [-0.05, 0) is 12.0 Å². The lowest BCUT2D eigenvalue weighted by atomic mass is 9.99. The Bertz CT molecular complexity index is 456. The number of methoxy groups -OCH3 is 1. The second-order valence-electron chi connectivity index (χ2n) is 4.09. The topological polar surface area (TPSA) is 55.4 Å². The molecule has 0 saturated carbocycles. The van der Waals surface area contributed by atoms with Gasteiger partial charge in [0, 0.05) is 0 Å². The molecule has 1 aromatic heterocycles. The standard InChI is InChI=1S/C12H15Cl2NO3S/c1-4-6(2)9(12(17)18-3)15-11(16)8-5-7(13)10(14)19-8/h5-6,9H,4H2,1-3H3,(H,15,16). The van der Waals surface area contributed by atoms with E-state index in [0.29, 0.717) is 14.2 Å². The molecule has 7 heteroatoms. The fourth-order valence-electron chi connectivity index (χ4n) is 1.47.